The van der Waals surface area contributed by atoms with Crippen LogP contribution in [0.4, 0.5) is 27.2 Å². The van der Waals surface area contributed by atoms with E-state index in [1.807, 2.05) is 4.90 Å². The zero-order valence-electron chi connectivity index (χ0n) is 17.0. The van der Waals surface area contributed by atoms with Crippen LogP contribution < -0.4 is 10.2 Å². The monoisotopic (exact) mass is 474 g/mol. The van der Waals surface area contributed by atoms with Crippen LogP contribution in [-0.4, -0.2) is 50.3 Å². The summed E-state index contributed by atoms with van der Waals surface area (Å²) < 4.78 is 4.83. The zero-order chi connectivity index (χ0) is 23.5. The third-order valence-corrected chi connectivity index (χ3v) is 6.10. The highest BCUT2D eigenvalue weighted by molar-refractivity contribution is 7.21. The summed E-state index contributed by atoms with van der Waals surface area (Å²) in [7, 11) is 0. The molecular formula is C19H18N6O7S. The average Bonchev–Trinajstić information content (AvgIpc) is 3.22. The Morgan fingerprint density at radius 1 is 1.21 bits per heavy atom. The van der Waals surface area contributed by atoms with Crippen molar-refractivity contribution in [2.45, 2.75) is 25.5 Å². The molecule has 0 atom stereocenters. The van der Waals surface area contributed by atoms with Crippen LogP contribution in [0.1, 0.15) is 18.4 Å². The quantitative estimate of drug-likeness (QED) is 0.289. The fourth-order valence-corrected chi connectivity index (χ4v) is 4.39. The summed E-state index contributed by atoms with van der Waals surface area (Å²) in [6.07, 6.45) is -0.787. The van der Waals surface area contributed by atoms with Crippen molar-refractivity contribution in [3.63, 3.8) is 0 Å². The minimum Gasteiger partial charge on any atom is -0.450 e. The van der Waals surface area contributed by atoms with Gasteiger partial charge < -0.3 is 20.1 Å². The van der Waals surface area contributed by atoms with Crippen molar-refractivity contribution in [3.05, 3.63) is 56.1 Å². The highest BCUT2D eigenvalue weighted by Gasteiger charge is 2.25. The van der Waals surface area contributed by atoms with Gasteiger partial charge >= 0.3 is 11.2 Å². The van der Waals surface area contributed by atoms with Crippen molar-refractivity contribution in [2.24, 2.45) is 0 Å². The van der Waals surface area contributed by atoms with Crippen molar-refractivity contribution < 1.29 is 24.5 Å². The lowest BCUT2D eigenvalue weighted by Crippen LogP contribution is -2.38. The number of hydrogen-bond acceptors (Lipinski definition) is 11. The fourth-order valence-electron chi connectivity index (χ4n) is 3.55. The second kappa shape index (κ2) is 9.20. The molecule has 0 spiro atoms. The van der Waals surface area contributed by atoms with Crippen molar-refractivity contribution in [1.29, 1.82) is 0 Å². The van der Waals surface area contributed by atoms with Gasteiger partial charge in [0.05, 0.1) is 15.2 Å². The lowest BCUT2D eigenvalue weighted by Gasteiger charge is -2.31. The second-order valence-electron chi connectivity index (χ2n) is 7.28. The molecule has 0 bridgehead atoms. The molecule has 172 valence electrons. The number of nitrogens with zero attached hydrogens (tertiary/aromatic N) is 5. The molecule has 1 fully saturated rings. The molecule has 14 heteroatoms. The third-order valence-electron chi connectivity index (χ3n) is 5.12. The molecule has 2 aromatic heterocycles. The lowest BCUT2D eigenvalue weighted by molar-refractivity contribution is -0.384. The lowest BCUT2D eigenvalue weighted by atomic mass is 10.1. The number of fused-ring (bicyclic) bond motifs is 1. The molecule has 3 aromatic rings. The Bertz CT molecular complexity index is 1220. The van der Waals surface area contributed by atoms with Crippen molar-refractivity contribution in [2.75, 3.05) is 23.3 Å². The predicted octanol–water partition coefficient (Wildman–Crippen LogP) is 3.78. The van der Waals surface area contributed by atoms with Crippen LogP contribution in [0.15, 0.2) is 30.3 Å². The van der Waals surface area contributed by atoms with E-state index >= 15 is 0 Å². The summed E-state index contributed by atoms with van der Waals surface area (Å²) in [5.74, 6) is 0.726. The van der Waals surface area contributed by atoms with Gasteiger partial charge in [-0.3, -0.25) is 20.2 Å². The van der Waals surface area contributed by atoms with E-state index in [2.05, 4.69) is 15.3 Å². The predicted molar refractivity (Wildman–Crippen MR) is 119 cm³/mol. The summed E-state index contributed by atoms with van der Waals surface area (Å²) in [6, 6.07) is 7.53. The van der Waals surface area contributed by atoms with Gasteiger partial charge in [-0.2, -0.15) is 4.98 Å². The highest BCUT2D eigenvalue weighted by Crippen LogP contribution is 2.35. The van der Waals surface area contributed by atoms with Crippen molar-refractivity contribution >= 4 is 50.2 Å². The maximum atomic E-state index is 11.3. The number of nitrogens with one attached hydrogen (secondary N) is 1. The van der Waals surface area contributed by atoms with Gasteiger partial charge in [0.25, 0.3) is 5.69 Å². The number of aromatic nitrogens is 2. The Labute approximate surface area is 189 Å². The number of carboxylic acid groups (broad SMARTS) is 1. The van der Waals surface area contributed by atoms with E-state index in [0.29, 0.717) is 53.5 Å². The summed E-state index contributed by atoms with van der Waals surface area (Å²) in [5, 5.41) is 34.6. The third kappa shape index (κ3) is 5.06. The van der Waals surface area contributed by atoms with Gasteiger partial charge in [0.1, 0.15) is 16.8 Å². The molecule has 0 saturated carbocycles. The van der Waals surface area contributed by atoms with E-state index in [1.54, 1.807) is 12.1 Å². The molecule has 13 nitrogen and oxygen atoms in total. The van der Waals surface area contributed by atoms with Crippen LogP contribution in [0.3, 0.4) is 0 Å². The molecule has 0 amide bonds. The van der Waals surface area contributed by atoms with Crippen molar-refractivity contribution in [1.82, 2.24) is 9.97 Å². The average molecular weight is 474 g/mol. The standard InChI is InChI=1S/C19H18N6O7S/c26-19(27)32-13-4-6-23(7-5-13)18-21-16(14-9-15(25(30)31)33-17(14)22-18)20-10-11-2-1-3-12(8-11)24(28)29/h1-3,8-9,13H,4-7,10H2,(H,26,27)(H,20,21,22). The first kappa shape index (κ1) is 22.1. The molecule has 4 rings (SSSR count). The molecule has 0 aliphatic carbocycles. The van der Waals surface area contributed by atoms with Crippen LogP contribution in [0.25, 0.3) is 10.2 Å². The van der Waals surface area contributed by atoms with E-state index in [0.717, 1.165) is 11.3 Å². The molecule has 1 saturated heterocycles. The van der Waals surface area contributed by atoms with Crippen LogP contribution in [0.2, 0.25) is 0 Å². The van der Waals surface area contributed by atoms with Crippen LogP contribution in [-0.2, 0) is 11.3 Å². The number of non-ortho nitro benzene ring substituents is 1. The smallest absolute Gasteiger partial charge is 0.450 e. The number of piperidine rings is 1. The number of thiophene rings is 1. The number of rotatable bonds is 7. The molecule has 3 heterocycles. The van der Waals surface area contributed by atoms with Gasteiger partial charge in [0.15, 0.2) is 0 Å². The Morgan fingerprint density at radius 2 is 1.97 bits per heavy atom. The van der Waals surface area contributed by atoms with Crippen molar-refractivity contribution in [3.8, 4) is 0 Å². The number of ether oxygens (including phenoxy) is 1. The molecule has 1 aliphatic rings. The Morgan fingerprint density at radius 3 is 2.64 bits per heavy atom. The van der Waals surface area contributed by atoms with Crippen LogP contribution >= 0.6 is 11.3 Å². The summed E-state index contributed by atoms with van der Waals surface area (Å²) in [5.41, 5.74) is 0.606. The summed E-state index contributed by atoms with van der Waals surface area (Å²) in [4.78, 5) is 43.4. The Hall–Kier alpha value is -4.07. The van der Waals surface area contributed by atoms with Gasteiger partial charge in [0.2, 0.25) is 5.95 Å². The van der Waals surface area contributed by atoms with E-state index in [9.17, 15) is 25.0 Å². The number of carbonyl (C=O) groups is 1. The number of nitro groups is 2. The molecule has 0 radical (unpaired) electrons. The number of hydrogen-bond donors (Lipinski definition) is 2. The van der Waals surface area contributed by atoms with E-state index in [-0.39, 0.29) is 17.2 Å². The zero-order valence-corrected chi connectivity index (χ0v) is 17.9. The molecule has 2 N–H and O–H groups in total. The SMILES string of the molecule is O=C(O)OC1CCN(c2nc(NCc3cccc([N+](=O)[O-])c3)c3cc([N+](=O)[O-])sc3n2)CC1. The van der Waals surface area contributed by atoms with Gasteiger partial charge in [0, 0.05) is 50.7 Å². The number of nitro benzene ring substituents is 1. The normalized spacial score (nSPS) is 14.2. The topological polar surface area (TPSA) is 174 Å². The van der Waals surface area contributed by atoms with Gasteiger partial charge in [-0.05, 0) is 16.9 Å². The first-order valence-corrected chi connectivity index (χ1v) is 10.7. The van der Waals surface area contributed by atoms with Gasteiger partial charge in [-0.1, -0.05) is 12.1 Å². The molecule has 0 unspecified atom stereocenters. The fraction of sp³-hybridized carbons (Fsp3) is 0.316. The van der Waals surface area contributed by atoms with Crippen LogP contribution in [0, 0.1) is 20.2 Å². The summed E-state index contributed by atoms with van der Waals surface area (Å²) in [6.45, 7) is 1.13. The molecule has 1 aliphatic heterocycles. The van der Waals surface area contributed by atoms with E-state index in [4.69, 9.17) is 9.84 Å². The molecule has 1 aromatic carbocycles. The molecular weight excluding hydrogens is 456 g/mol. The largest absolute Gasteiger partial charge is 0.506 e. The van der Waals surface area contributed by atoms with E-state index < -0.39 is 22.1 Å². The first-order valence-electron chi connectivity index (χ1n) is 9.88. The maximum Gasteiger partial charge on any atom is 0.506 e. The van der Waals surface area contributed by atoms with Crippen LogP contribution in [0.5, 0.6) is 0 Å². The Kier molecular flexibility index (Phi) is 6.17. The summed E-state index contributed by atoms with van der Waals surface area (Å²) >= 11 is 0.926. The maximum absolute atomic E-state index is 11.3. The first-order chi connectivity index (χ1) is 15.8. The van der Waals surface area contributed by atoms with E-state index in [1.165, 1.54) is 18.2 Å². The number of benzene rings is 1. The number of anilines is 2. The van der Waals surface area contributed by atoms with Gasteiger partial charge in [-0.25, -0.2) is 9.78 Å². The van der Waals surface area contributed by atoms with Gasteiger partial charge in [-0.15, -0.1) is 0 Å². The highest BCUT2D eigenvalue weighted by atomic mass is 32.1. The Balaban J connectivity index is 1.60. The molecule has 33 heavy (non-hydrogen) atoms. The second-order valence-corrected chi connectivity index (χ2v) is 8.29. The minimum absolute atomic E-state index is 0.0413. The minimum atomic E-state index is -1.32.